The van der Waals surface area contributed by atoms with E-state index >= 15 is 0 Å². The van der Waals surface area contributed by atoms with E-state index in [-0.39, 0.29) is 11.6 Å². The van der Waals surface area contributed by atoms with E-state index in [1.807, 2.05) is 29.2 Å². The minimum Gasteiger partial charge on any atom is -0.497 e. The van der Waals surface area contributed by atoms with Gasteiger partial charge in [-0.2, -0.15) is 0 Å². The molecule has 2 aliphatic rings. The van der Waals surface area contributed by atoms with E-state index in [1.54, 1.807) is 19.2 Å². The second-order valence-electron chi connectivity index (χ2n) is 7.78. The summed E-state index contributed by atoms with van der Waals surface area (Å²) in [6.07, 6.45) is 3.74. The predicted octanol–water partition coefficient (Wildman–Crippen LogP) is 5.09. The highest BCUT2D eigenvalue weighted by Gasteiger charge is 2.42. The molecule has 0 atom stereocenters. The number of carbonyl (C=O) groups is 1. The number of methoxy groups -OCH3 is 1. The van der Waals surface area contributed by atoms with Gasteiger partial charge in [0, 0.05) is 41.8 Å². The first kappa shape index (κ1) is 18.9. The zero-order valence-corrected chi connectivity index (χ0v) is 17.4. The SMILES string of the molecule is COc1ccc2c(c1)NC1(CCN(C(=O)Nc3ccc(Cl)cc3)CC1)c1cccn1-2. The summed E-state index contributed by atoms with van der Waals surface area (Å²) in [5.74, 6) is 0.826. The largest absolute Gasteiger partial charge is 0.497 e. The van der Waals surface area contributed by atoms with Gasteiger partial charge >= 0.3 is 6.03 Å². The third-order valence-corrected chi connectivity index (χ3v) is 6.33. The van der Waals surface area contributed by atoms with E-state index in [1.165, 1.54) is 5.69 Å². The van der Waals surface area contributed by atoms with Gasteiger partial charge in [0.25, 0.3) is 0 Å². The summed E-state index contributed by atoms with van der Waals surface area (Å²) in [6, 6.07) is 17.4. The van der Waals surface area contributed by atoms with E-state index in [2.05, 4.69) is 39.6 Å². The smallest absolute Gasteiger partial charge is 0.321 e. The molecule has 1 spiro atoms. The van der Waals surface area contributed by atoms with E-state index < -0.39 is 0 Å². The third-order valence-electron chi connectivity index (χ3n) is 6.08. The minimum atomic E-state index is -0.208. The van der Waals surface area contributed by atoms with Crippen molar-refractivity contribution in [1.29, 1.82) is 0 Å². The third kappa shape index (κ3) is 3.17. The molecular weight excluding hydrogens is 400 g/mol. The summed E-state index contributed by atoms with van der Waals surface area (Å²) in [6.45, 7) is 1.33. The number of benzene rings is 2. The summed E-state index contributed by atoms with van der Waals surface area (Å²) in [5.41, 5.74) is 3.94. The van der Waals surface area contributed by atoms with Gasteiger partial charge in [0.1, 0.15) is 5.75 Å². The molecule has 1 fully saturated rings. The Bertz CT molecular complexity index is 1080. The van der Waals surface area contributed by atoms with Gasteiger partial charge in [-0.1, -0.05) is 11.6 Å². The van der Waals surface area contributed by atoms with Crippen molar-refractivity contribution in [2.45, 2.75) is 18.4 Å². The molecule has 6 nitrogen and oxygen atoms in total. The summed E-state index contributed by atoms with van der Waals surface area (Å²) in [4.78, 5) is 14.6. The highest BCUT2D eigenvalue weighted by atomic mass is 35.5. The molecule has 1 saturated heterocycles. The molecule has 0 radical (unpaired) electrons. The van der Waals surface area contributed by atoms with Crippen molar-refractivity contribution in [3.05, 3.63) is 71.5 Å². The van der Waals surface area contributed by atoms with Crippen LogP contribution < -0.4 is 15.4 Å². The molecule has 2 aliphatic heterocycles. The molecule has 2 amide bonds. The standard InChI is InChI=1S/C23H23ClN4O2/c1-30-18-8-9-20-19(15-18)26-23(21-3-2-12-28(20)21)10-13-27(14-11-23)22(29)25-17-6-4-16(24)5-7-17/h2-9,12,15,26H,10-11,13-14H2,1H3,(H,25,29). The normalized spacial score (nSPS) is 16.4. The second kappa shape index (κ2) is 7.29. The Morgan fingerprint density at radius 3 is 2.63 bits per heavy atom. The van der Waals surface area contributed by atoms with Gasteiger partial charge in [0.15, 0.2) is 0 Å². The number of anilines is 2. The number of hydrogen-bond donors (Lipinski definition) is 2. The lowest BCUT2D eigenvalue weighted by Gasteiger charge is -2.46. The molecule has 0 aliphatic carbocycles. The van der Waals surface area contributed by atoms with Crippen LogP contribution in [0.2, 0.25) is 5.02 Å². The minimum absolute atomic E-state index is 0.0829. The Morgan fingerprint density at radius 1 is 1.13 bits per heavy atom. The second-order valence-corrected chi connectivity index (χ2v) is 8.21. The van der Waals surface area contributed by atoms with Crippen molar-refractivity contribution >= 4 is 29.0 Å². The maximum Gasteiger partial charge on any atom is 0.321 e. The lowest BCUT2D eigenvalue weighted by atomic mass is 9.82. The summed E-state index contributed by atoms with van der Waals surface area (Å²) < 4.78 is 7.66. The van der Waals surface area contributed by atoms with Crippen LogP contribution in [0.5, 0.6) is 5.75 Å². The van der Waals surface area contributed by atoms with Gasteiger partial charge < -0.3 is 24.8 Å². The average molecular weight is 423 g/mol. The van der Waals surface area contributed by atoms with Crippen molar-refractivity contribution in [3.8, 4) is 11.4 Å². The lowest BCUT2D eigenvalue weighted by Crippen LogP contribution is -2.51. The van der Waals surface area contributed by atoms with Crippen LogP contribution in [0.3, 0.4) is 0 Å². The Morgan fingerprint density at radius 2 is 1.90 bits per heavy atom. The molecule has 0 bridgehead atoms. The maximum atomic E-state index is 12.7. The average Bonchev–Trinajstić information content (AvgIpc) is 3.27. The Balaban J connectivity index is 1.35. The van der Waals surface area contributed by atoms with Crippen LogP contribution in [0.25, 0.3) is 5.69 Å². The van der Waals surface area contributed by atoms with Crippen LogP contribution in [-0.4, -0.2) is 35.7 Å². The molecule has 0 saturated carbocycles. The number of carbonyl (C=O) groups excluding carboxylic acids is 1. The number of urea groups is 1. The summed E-state index contributed by atoms with van der Waals surface area (Å²) >= 11 is 5.93. The molecule has 30 heavy (non-hydrogen) atoms. The fraction of sp³-hybridized carbons (Fsp3) is 0.261. The molecule has 0 unspecified atom stereocenters. The Labute approximate surface area is 180 Å². The van der Waals surface area contributed by atoms with Gasteiger partial charge in [-0.15, -0.1) is 0 Å². The van der Waals surface area contributed by atoms with E-state index in [4.69, 9.17) is 16.3 Å². The first-order valence-corrected chi connectivity index (χ1v) is 10.4. The van der Waals surface area contributed by atoms with E-state index in [0.29, 0.717) is 18.1 Å². The van der Waals surface area contributed by atoms with Gasteiger partial charge in [0.2, 0.25) is 0 Å². The zero-order valence-electron chi connectivity index (χ0n) is 16.7. The van der Waals surface area contributed by atoms with Crippen LogP contribution in [0.1, 0.15) is 18.5 Å². The number of nitrogens with zero attached hydrogens (tertiary/aromatic N) is 2. The number of piperidine rings is 1. The Hall–Kier alpha value is -3.12. The number of likely N-dealkylation sites (tertiary alicyclic amines) is 1. The van der Waals surface area contributed by atoms with Crippen molar-refractivity contribution in [2.75, 3.05) is 30.8 Å². The van der Waals surface area contributed by atoms with Crippen molar-refractivity contribution < 1.29 is 9.53 Å². The number of halogens is 1. The van der Waals surface area contributed by atoms with Gasteiger partial charge in [-0.05, 0) is 61.4 Å². The molecule has 1 aromatic heterocycles. The monoisotopic (exact) mass is 422 g/mol. The quantitative estimate of drug-likeness (QED) is 0.604. The number of fused-ring (bicyclic) bond motifs is 4. The van der Waals surface area contributed by atoms with E-state index in [9.17, 15) is 4.79 Å². The first-order valence-electron chi connectivity index (χ1n) is 10.0. The molecule has 3 heterocycles. The van der Waals surface area contributed by atoms with Crippen molar-refractivity contribution in [3.63, 3.8) is 0 Å². The lowest BCUT2D eigenvalue weighted by molar-refractivity contribution is 0.174. The van der Waals surface area contributed by atoms with E-state index in [0.717, 1.165) is 35.7 Å². The van der Waals surface area contributed by atoms with Crippen LogP contribution >= 0.6 is 11.6 Å². The fourth-order valence-corrected chi connectivity index (χ4v) is 4.59. The van der Waals surface area contributed by atoms with Crippen molar-refractivity contribution in [2.24, 2.45) is 0 Å². The number of amides is 2. The highest BCUT2D eigenvalue weighted by Crippen LogP contribution is 2.44. The zero-order chi connectivity index (χ0) is 20.7. The van der Waals surface area contributed by atoms with Gasteiger partial charge in [-0.3, -0.25) is 0 Å². The van der Waals surface area contributed by atoms with Gasteiger partial charge in [-0.25, -0.2) is 4.79 Å². The summed E-state index contributed by atoms with van der Waals surface area (Å²) in [5, 5.41) is 7.38. The van der Waals surface area contributed by atoms with Crippen LogP contribution in [0, 0.1) is 0 Å². The fourth-order valence-electron chi connectivity index (χ4n) is 4.46. The van der Waals surface area contributed by atoms with Crippen LogP contribution in [-0.2, 0) is 5.54 Å². The number of rotatable bonds is 2. The molecule has 5 rings (SSSR count). The Kier molecular flexibility index (Phi) is 4.59. The molecule has 154 valence electrons. The highest BCUT2D eigenvalue weighted by molar-refractivity contribution is 6.30. The maximum absolute atomic E-state index is 12.7. The topological polar surface area (TPSA) is 58.5 Å². The number of nitrogens with one attached hydrogen (secondary N) is 2. The first-order chi connectivity index (χ1) is 14.6. The van der Waals surface area contributed by atoms with Crippen LogP contribution in [0.15, 0.2) is 60.8 Å². The molecule has 2 aromatic carbocycles. The molecular formula is C23H23ClN4O2. The molecule has 3 aromatic rings. The van der Waals surface area contributed by atoms with Gasteiger partial charge in [0.05, 0.1) is 24.0 Å². The number of ether oxygens (including phenoxy) is 1. The summed E-state index contributed by atoms with van der Waals surface area (Å²) in [7, 11) is 1.68. The number of hydrogen-bond acceptors (Lipinski definition) is 3. The predicted molar refractivity (Wildman–Crippen MR) is 119 cm³/mol. The van der Waals surface area contributed by atoms with Crippen molar-refractivity contribution in [1.82, 2.24) is 9.47 Å². The molecule has 7 heteroatoms. The molecule has 2 N–H and O–H groups in total. The van der Waals surface area contributed by atoms with Crippen LogP contribution in [0.4, 0.5) is 16.2 Å². The number of aromatic nitrogens is 1.